The SMILES string of the molecule is Cc1ccc([C@H]2[C@H](Cn3cncn3)C([C]3[CH][CH][CH][CH]3)=NN2c2ccccc2)cc1. The van der Waals surface area contributed by atoms with Crippen LogP contribution < -0.4 is 5.01 Å². The zero-order valence-electron chi connectivity index (χ0n) is 16.3. The Kier molecular flexibility index (Phi) is 4.88. The molecule has 143 valence electrons. The van der Waals surface area contributed by atoms with E-state index in [0.29, 0.717) is 6.54 Å². The van der Waals surface area contributed by atoms with Gasteiger partial charge in [-0.1, -0.05) is 48.0 Å². The fraction of sp³-hybridized carbons (Fsp3) is 0.167. The zero-order chi connectivity index (χ0) is 19.6. The number of nitrogens with zero attached hydrogens (tertiary/aromatic N) is 5. The van der Waals surface area contributed by atoms with Crippen LogP contribution in [0.5, 0.6) is 0 Å². The number of para-hydroxylation sites is 1. The molecule has 1 aliphatic heterocycles. The summed E-state index contributed by atoms with van der Waals surface area (Å²) in [5.74, 6) is 1.30. The van der Waals surface area contributed by atoms with Crippen molar-refractivity contribution in [2.24, 2.45) is 11.0 Å². The highest BCUT2D eigenvalue weighted by molar-refractivity contribution is 6.06. The maximum atomic E-state index is 5.13. The van der Waals surface area contributed by atoms with Crippen LogP contribution in [0.15, 0.2) is 72.4 Å². The molecule has 5 rings (SSSR count). The Balaban J connectivity index is 1.60. The molecular weight excluding hydrogens is 358 g/mol. The lowest BCUT2D eigenvalue weighted by molar-refractivity contribution is 0.450. The molecule has 2 aliphatic rings. The summed E-state index contributed by atoms with van der Waals surface area (Å²) in [6, 6.07) is 19.2. The van der Waals surface area contributed by atoms with Crippen molar-refractivity contribution < 1.29 is 0 Å². The third kappa shape index (κ3) is 3.57. The number of aryl methyl sites for hydroxylation is 1. The van der Waals surface area contributed by atoms with Crippen LogP contribution in [0.4, 0.5) is 5.69 Å². The van der Waals surface area contributed by atoms with Gasteiger partial charge in [0.05, 0.1) is 24.0 Å². The fourth-order valence-corrected chi connectivity index (χ4v) is 4.04. The van der Waals surface area contributed by atoms with Gasteiger partial charge in [-0.05, 0) is 50.3 Å². The van der Waals surface area contributed by atoms with Crippen molar-refractivity contribution in [3.05, 3.63) is 110 Å². The van der Waals surface area contributed by atoms with E-state index in [1.807, 2.05) is 10.7 Å². The van der Waals surface area contributed by atoms with Gasteiger partial charge in [-0.15, -0.1) is 0 Å². The molecule has 0 saturated heterocycles. The van der Waals surface area contributed by atoms with Crippen molar-refractivity contribution in [2.75, 3.05) is 5.01 Å². The second-order valence-corrected chi connectivity index (χ2v) is 7.42. The number of anilines is 1. The Labute approximate surface area is 172 Å². The molecule has 2 heterocycles. The Morgan fingerprint density at radius 3 is 2.38 bits per heavy atom. The van der Waals surface area contributed by atoms with E-state index in [-0.39, 0.29) is 12.0 Å². The summed E-state index contributed by atoms with van der Waals surface area (Å²) >= 11 is 0. The van der Waals surface area contributed by atoms with Crippen LogP contribution in [0.1, 0.15) is 17.2 Å². The summed E-state index contributed by atoms with van der Waals surface area (Å²) in [4.78, 5) is 4.14. The summed E-state index contributed by atoms with van der Waals surface area (Å²) in [6.45, 7) is 2.83. The van der Waals surface area contributed by atoms with Crippen molar-refractivity contribution in [1.29, 1.82) is 0 Å². The van der Waals surface area contributed by atoms with Crippen molar-refractivity contribution in [1.82, 2.24) is 14.8 Å². The summed E-state index contributed by atoms with van der Waals surface area (Å²) in [7, 11) is 0. The summed E-state index contributed by atoms with van der Waals surface area (Å²) < 4.78 is 1.90. The van der Waals surface area contributed by atoms with Gasteiger partial charge in [0.1, 0.15) is 12.7 Å². The third-order valence-corrected chi connectivity index (χ3v) is 5.46. The average Bonchev–Trinajstić information content (AvgIpc) is 3.51. The molecule has 0 N–H and O–H groups in total. The minimum absolute atomic E-state index is 0.0760. The highest BCUT2D eigenvalue weighted by Gasteiger charge is 2.43. The van der Waals surface area contributed by atoms with E-state index in [1.54, 1.807) is 12.7 Å². The fourth-order valence-electron chi connectivity index (χ4n) is 4.04. The molecule has 2 aromatic carbocycles. The lowest BCUT2D eigenvalue weighted by Crippen LogP contribution is -2.30. The summed E-state index contributed by atoms with van der Waals surface area (Å²) in [5.41, 5.74) is 4.67. The Morgan fingerprint density at radius 1 is 0.931 bits per heavy atom. The van der Waals surface area contributed by atoms with Gasteiger partial charge < -0.3 is 0 Å². The number of aromatic nitrogens is 3. The normalized spacial score (nSPS) is 22.2. The standard InChI is InChI=1S/C24H22N5/c1-18-11-13-20(14-12-18)24-22(15-28-17-25-16-26-28)23(19-7-5-6-8-19)27-29(24)21-9-3-2-4-10-21/h2-14,16-17,22,24H,15H2,1H3/t22-,24+/m1/s1. The van der Waals surface area contributed by atoms with Crippen LogP contribution >= 0.6 is 0 Å². The number of hydrogen-bond acceptors (Lipinski definition) is 4. The predicted octanol–water partition coefficient (Wildman–Crippen LogP) is 4.23. The van der Waals surface area contributed by atoms with Gasteiger partial charge in [0.25, 0.3) is 0 Å². The largest absolute Gasteiger partial charge is 0.257 e. The summed E-state index contributed by atoms with van der Waals surface area (Å²) in [6.07, 6.45) is 11.8. The number of rotatable bonds is 5. The molecule has 5 heteroatoms. The van der Waals surface area contributed by atoms with Gasteiger partial charge in [-0.3, -0.25) is 9.69 Å². The topological polar surface area (TPSA) is 46.3 Å². The van der Waals surface area contributed by atoms with Crippen molar-refractivity contribution in [3.63, 3.8) is 0 Å². The highest BCUT2D eigenvalue weighted by Crippen LogP contribution is 2.44. The third-order valence-electron chi connectivity index (χ3n) is 5.46. The Bertz CT molecular complexity index is 956. The van der Waals surface area contributed by atoms with Gasteiger partial charge in [-0.25, -0.2) is 4.98 Å². The monoisotopic (exact) mass is 380 g/mol. The van der Waals surface area contributed by atoms with Gasteiger partial charge in [-0.2, -0.15) is 10.2 Å². The van der Waals surface area contributed by atoms with Crippen LogP contribution in [-0.2, 0) is 6.54 Å². The van der Waals surface area contributed by atoms with Crippen LogP contribution in [-0.4, -0.2) is 20.5 Å². The van der Waals surface area contributed by atoms with Gasteiger partial charge in [0, 0.05) is 11.8 Å². The quantitative estimate of drug-likeness (QED) is 0.666. The molecule has 5 radical (unpaired) electrons. The second-order valence-electron chi connectivity index (χ2n) is 7.42. The molecule has 1 aromatic heterocycles. The first kappa shape index (κ1) is 18.1. The lowest BCUT2D eigenvalue weighted by atomic mass is 9.83. The van der Waals surface area contributed by atoms with E-state index in [0.717, 1.165) is 17.3 Å². The van der Waals surface area contributed by atoms with Crippen LogP contribution in [0.3, 0.4) is 0 Å². The minimum Gasteiger partial charge on any atom is -0.257 e. The molecule has 0 amide bonds. The molecule has 29 heavy (non-hydrogen) atoms. The van der Waals surface area contributed by atoms with Crippen LogP contribution in [0.2, 0.25) is 0 Å². The molecule has 0 unspecified atom stereocenters. The maximum Gasteiger partial charge on any atom is 0.137 e. The predicted molar refractivity (Wildman–Crippen MR) is 114 cm³/mol. The number of hydrogen-bond donors (Lipinski definition) is 0. The lowest BCUT2D eigenvalue weighted by Gasteiger charge is -2.29. The van der Waals surface area contributed by atoms with Crippen molar-refractivity contribution in [3.8, 4) is 0 Å². The molecule has 5 nitrogen and oxygen atoms in total. The Morgan fingerprint density at radius 2 is 1.69 bits per heavy atom. The molecule has 1 aliphatic carbocycles. The number of benzene rings is 2. The van der Waals surface area contributed by atoms with Gasteiger partial charge in [0.2, 0.25) is 0 Å². The van der Waals surface area contributed by atoms with Gasteiger partial charge >= 0.3 is 0 Å². The summed E-state index contributed by atoms with van der Waals surface area (Å²) in [5, 5.41) is 11.7. The highest BCUT2D eigenvalue weighted by atomic mass is 15.5. The second kappa shape index (κ2) is 7.82. The molecule has 2 atom stereocenters. The van der Waals surface area contributed by atoms with Crippen LogP contribution in [0.25, 0.3) is 0 Å². The van der Waals surface area contributed by atoms with Crippen molar-refractivity contribution >= 4 is 11.4 Å². The average molecular weight is 380 g/mol. The first-order valence-corrected chi connectivity index (χ1v) is 9.83. The van der Waals surface area contributed by atoms with E-state index in [2.05, 4.69) is 96.2 Å². The Hall–Kier alpha value is -2.95. The smallest absolute Gasteiger partial charge is 0.137 e. The van der Waals surface area contributed by atoms with Crippen LogP contribution in [0, 0.1) is 44.4 Å². The van der Waals surface area contributed by atoms with E-state index in [1.165, 1.54) is 11.1 Å². The first-order valence-electron chi connectivity index (χ1n) is 9.83. The van der Waals surface area contributed by atoms with Crippen molar-refractivity contribution in [2.45, 2.75) is 19.5 Å². The molecule has 1 fully saturated rings. The first-order chi connectivity index (χ1) is 14.3. The van der Waals surface area contributed by atoms with E-state index in [9.17, 15) is 0 Å². The molecule has 0 spiro atoms. The molecular formula is C24H22N5. The van der Waals surface area contributed by atoms with E-state index < -0.39 is 0 Å². The van der Waals surface area contributed by atoms with Gasteiger partial charge in [0.15, 0.2) is 0 Å². The number of hydrazone groups is 1. The molecule has 0 bridgehead atoms. The van der Waals surface area contributed by atoms with E-state index >= 15 is 0 Å². The van der Waals surface area contributed by atoms with E-state index in [4.69, 9.17) is 5.10 Å². The maximum absolute atomic E-state index is 5.13. The molecule has 1 saturated carbocycles. The molecule has 3 aromatic rings. The zero-order valence-corrected chi connectivity index (χ0v) is 16.3. The minimum atomic E-state index is 0.0760.